The number of thioether (sulfide) groups is 1. The lowest BCUT2D eigenvalue weighted by molar-refractivity contribution is -0.145. The highest BCUT2D eigenvalue weighted by atomic mass is 32.2. The number of hydrogen-bond acceptors (Lipinski definition) is 7. The highest BCUT2D eigenvalue weighted by Crippen LogP contribution is 2.36. The number of amides is 2. The van der Waals surface area contributed by atoms with Crippen LogP contribution in [0.1, 0.15) is 22.8 Å². The summed E-state index contributed by atoms with van der Waals surface area (Å²) in [5.41, 5.74) is 1.97. The van der Waals surface area contributed by atoms with E-state index in [0.29, 0.717) is 31.9 Å². The van der Waals surface area contributed by atoms with Crippen molar-refractivity contribution >= 4 is 63.5 Å². The van der Waals surface area contributed by atoms with Crippen LogP contribution in [0.15, 0.2) is 77.7 Å². The van der Waals surface area contributed by atoms with Gasteiger partial charge in [0, 0.05) is 11.3 Å². The van der Waals surface area contributed by atoms with Crippen LogP contribution >= 0.6 is 24.0 Å². The highest BCUT2D eigenvalue weighted by Gasteiger charge is 2.33. The van der Waals surface area contributed by atoms with Gasteiger partial charge in [0.1, 0.15) is 11.6 Å². The molecule has 1 aliphatic rings. The van der Waals surface area contributed by atoms with Gasteiger partial charge < -0.3 is 14.8 Å². The van der Waals surface area contributed by atoms with Gasteiger partial charge in [-0.2, -0.15) is 0 Å². The minimum absolute atomic E-state index is 0.188. The van der Waals surface area contributed by atoms with E-state index in [1.54, 1.807) is 61.5 Å². The van der Waals surface area contributed by atoms with E-state index in [1.807, 2.05) is 0 Å². The summed E-state index contributed by atoms with van der Waals surface area (Å²) in [4.78, 5) is 39.1. The van der Waals surface area contributed by atoms with Crippen molar-refractivity contribution in [3.63, 3.8) is 0 Å². The first-order valence-corrected chi connectivity index (χ1v) is 12.4. The summed E-state index contributed by atoms with van der Waals surface area (Å²) in [5, 5.41) is 2.70. The Labute approximate surface area is 222 Å². The first kappa shape index (κ1) is 26.1. The Morgan fingerprint density at radius 1 is 1.08 bits per heavy atom. The van der Waals surface area contributed by atoms with E-state index in [1.165, 1.54) is 29.2 Å². The summed E-state index contributed by atoms with van der Waals surface area (Å²) < 4.78 is 23.7. The predicted octanol–water partition coefficient (Wildman–Crippen LogP) is 5.43. The van der Waals surface area contributed by atoms with Gasteiger partial charge in [0.05, 0.1) is 17.2 Å². The molecule has 37 heavy (non-hydrogen) atoms. The number of benzene rings is 3. The summed E-state index contributed by atoms with van der Waals surface area (Å²) in [6, 6.07) is 18.9. The number of rotatable bonds is 8. The molecule has 0 atom stereocenters. The van der Waals surface area contributed by atoms with Crippen LogP contribution in [0.5, 0.6) is 5.75 Å². The Hall–Kier alpha value is -4.02. The summed E-state index contributed by atoms with van der Waals surface area (Å²) in [5.74, 6) is -1.07. The summed E-state index contributed by atoms with van der Waals surface area (Å²) >= 11 is 6.60. The molecule has 0 spiro atoms. The molecule has 10 heteroatoms. The molecule has 0 unspecified atom stereocenters. The average Bonchev–Trinajstić information content (AvgIpc) is 3.17. The number of nitrogens with zero attached hydrogens (tertiary/aromatic N) is 1. The van der Waals surface area contributed by atoms with Gasteiger partial charge in [-0.3, -0.25) is 14.5 Å². The molecule has 1 heterocycles. The maximum Gasteiger partial charge on any atom is 0.344 e. The monoisotopic (exact) mass is 536 g/mol. The number of thiocarbonyl (C=S) groups is 1. The average molecular weight is 537 g/mol. The van der Waals surface area contributed by atoms with Crippen molar-refractivity contribution in [1.29, 1.82) is 0 Å². The van der Waals surface area contributed by atoms with Crippen molar-refractivity contribution in [3.8, 4) is 5.75 Å². The van der Waals surface area contributed by atoms with Crippen molar-refractivity contribution in [1.82, 2.24) is 0 Å². The second-order valence-corrected chi connectivity index (χ2v) is 9.37. The lowest BCUT2D eigenvalue weighted by Gasteiger charge is -2.15. The number of hydrogen-bond donors (Lipinski definition) is 1. The molecule has 0 radical (unpaired) electrons. The van der Waals surface area contributed by atoms with Crippen molar-refractivity contribution < 1.29 is 28.2 Å². The fourth-order valence-corrected chi connectivity index (χ4v) is 4.67. The third kappa shape index (κ3) is 6.60. The number of carbonyl (C=O) groups excluding carboxylic acids is 3. The van der Waals surface area contributed by atoms with Crippen LogP contribution in [-0.2, 0) is 14.3 Å². The summed E-state index contributed by atoms with van der Waals surface area (Å²) in [6.07, 6.45) is 1.71. The maximum atomic E-state index is 13.2. The molecule has 0 saturated carbocycles. The van der Waals surface area contributed by atoms with Crippen molar-refractivity contribution in [2.24, 2.45) is 0 Å². The molecule has 3 aromatic rings. The van der Waals surface area contributed by atoms with E-state index in [2.05, 4.69) is 5.32 Å². The lowest BCUT2D eigenvalue weighted by Crippen LogP contribution is -2.27. The van der Waals surface area contributed by atoms with Gasteiger partial charge in [0.2, 0.25) is 0 Å². The first-order valence-electron chi connectivity index (χ1n) is 11.2. The van der Waals surface area contributed by atoms with Gasteiger partial charge in [0.25, 0.3) is 11.8 Å². The number of anilines is 2. The third-order valence-corrected chi connectivity index (χ3v) is 6.40. The van der Waals surface area contributed by atoms with Gasteiger partial charge in [-0.05, 0) is 73.2 Å². The van der Waals surface area contributed by atoms with Crippen LogP contribution < -0.4 is 15.0 Å². The summed E-state index contributed by atoms with van der Waals surface area (Å²) in [7, 11) is 0. The third-order valence-electron chi connectivity index (χ3n) is 5.10. The molecule has 4 rings (SSSR count). The zero-order valence-electron chi connectivity index (χ0n) is 19.6. The molecule has 1 N–H and O–H groups in total. The number of halogens is 1. The molecule has 1 aliphatic heterocycles. The standard InChI is InChI=1S/C27H21FN2O5S2/c1-2-34-24(31)16-35-22-12-6-17(7-13-22)14-23-26(33)30(27(36)37-23)21-5-3-4-18(15-21)25(32)29-20-10-8-19(28)9-11-20/h3-15H,2,16H2,1H3,(H,29,32)/b23-14+. The first-order chi connectivity index (χ1) is 17.8. The number of nitrogens with one attached hydrogen (secondary N) is 1. The van der Waals surface area contributed by atoms with Crippen LogP contribution in [0.2, 0.25) is 0 Å². The van der Waals surface area contributed by atoms with Gasteiger partial charge in [-0.15, -0.1) is 0 Å². The Kier molecular flexibility index (Phi) is 8.32. The van der Waals surface area contributed by atoms with Crippen LogP contribution in [0.3, 0.4) is 0 Å². The molecule has 1 saturated heterocycles. The smallest absolute Gasteiger partial charge is 0.344 e. The molecule has 0 bridgehead atoms. The molecule has 1 fully saturated rings. The van der Waals surface area contributed by atoms with Gasteiger partial charge >= 0.3 is 5.97 Å². The van der Waals surface area contributed by atoms with Crippen LogP contribution in [0.25, 0.3) is 6.08 Å². The fourth-order valence-electron chi connectivity index (χ4n) is 3.37. The highest BCUT2D eigenvalue weighted by molar-refractivity contribution is 8.27. The zero-order valence-corrected chi connectivity index (χ0v) is 21.2. The van der Waals surface area contributed by atoms with Gasteiger partial charge in [0.15, 0.2) is 10.9 Å². The SMILES string of the molecule is CCOC(=O)COc1ccc(/C=C2/SC(=S)N(c3cccc(C(=O)Nc4ccc(F)cc4)c3)C2=O)cc1. The van der Waals surface area contributed by atoms with Gasteiger partial charge in [-0.1, -0.05) is 42.2 Å². The maximum absolute atomic E-state index is 13.2. The topological polar surface area (TPSA) is 84.9 Å². The van der Waals surface area contributed by atoms with Crippen LogP contribution in [0.4, 0.5) is 15.8 Å². The minimum Gasteiger partial charge on any atom is -0.482 e. The van der Waals surface area contributed by atoms with E-state index >= 15 is 0 Å². The van der Waals surface area contributed by atoms with Crippen molar-refractivity contribution in [2.75, 3.05) is 23.4 Å². The molecule has 0 aromatic heterocycles. The normalized spacial score (nSPS) is 14.1. The number of ether oxygens (including phenoxy) is 2. The zero-order chi connectivity index (χ0) is 26.4. The molecule has 3 aromatic carbocycles. The van der Waals surface area contributed by atoms with E-state index < -0.39 is 17.7 Å². The Morgan fingerprint density at radius 3 is 2.51 bits per heavy atom. The van der Waals surface area contributed by atoms with E-state index in [4.69, 9.17) is 21.7 Å². The Morgan fingerprint density at radius 2 is 1.81 bits per heavy atom. The quantitative estimate of drug-likeness (QED) is 0.234. The van der Waals surface area contributed by atoms with Crippen molar-refractivity contribution in [3.05, 3.63) is 94.6 Å². The van der Waals surface area contributed by atoms with Crippen molar-refractivity contribution in [2.45, 2.75) is 6.92 Å². The predicted molar refractivity (Wildman–Crippen MR) is 145 cm³/mol. The second-order valence-electron chi connectivity index (χ2n) is 7.69. The minimum atomic E-state index is -0.452. The number of carbonyl (C=O) groups is 3. The van der Waals surface area contributed by atoms with Gasteiger partial charge in [-0.25, -0.2) is 9.18 Å². The van der Waals surface area contributed by atoms with Crippen LogP contribution in [0, 0.1) is 5.82 Å². The molecule has 7 nitrogen and oxygen atoms in total. The Bertz CT molecular complexity index is 1370. The summed E-state index contributed by atoms with van der Waals surface area (Å²) in [6.45, 7) is 1.82. The van der Waals surface area contributed by atoms with E-state index in [9.17, 15) is 18.8 Å². The fraction of sp³-hybridized carbons (Fsp3) is 0.111. The number of esters is 1. The second kappa shape index (κ2) is 11.8. The molecule has 0 aliphatic carbocycles. The van der Waals surface area contributed by atoms with Crippen LogP contribution in [-0.4, -0.2) is 35.3 Å². The largest absolute Gasteiger partial charge is 0.482 e. The molecule has 2 amide bonds. The van der Waals surface area contributed by atoms with E-state index in [-0.39, 0.29) is 19.1 Å². The van der Waals surface area contributed by atoms with E-state index in [0.717, 1.165) is 17.3 Å². The molecular weight excluding hydrogens is 515 g/mol. The molecular formula is C27H21FN2O5S2. The lowest BCUT2D eigenvalue weighted by atomic mass is 10.1. The molecule has 188 valence electrons. The Balaban J connectivity index is 1.45.